The SMILES string of the molecule is Fc1cccc2c1CN(C1CC1)C2. The van der Waals surface area contributed by atoms with E-state index < -0.39 is 0 Å². The first-order chi connectivity index (χ1) is 6.34. The zero-order chi connectivity index (χ0) is 8.84. The van der Waals surface area contributed by atoms with Gasteiger partial charge in [-0.15, -0.1) is 0 Å². The average molecular weight is 177 g/mol. The van der Waals surface area contributed by atoms with Gasteiger partial charge in [0, 0.05) is 24.7 Å². The van der Waals surface area contributed by atoms with E-state index in [1.165, 1.54) is 18.4 Å². The standard InChI is InChI=1S/C11H12FN/c12-11-3-1-2-8-6-13(7-10(8)11)9-4-5-9/h1-3,9H,4-7H2. The van der Waals surface area contributed by atoms with Gasteiger partial charge in [-0.25, -0.2) is 4.39 Å². The van der Waals surface area contributed by atoms with Crippen molar-refractivity contribution in [2.24, 2.45) is 0 Å². The number of nitrogens with zero attached hydrogens (tertiary/aromatic N) is 1. The number of hydrogen-bond acceptors (Lipinski definition) is 1. The van der Waals surface area contributed by atoms with Crippen LogP contribution in [0.1, 0.15) is 24.0 Å². The molecule has 3 rings (SSSR count). The molecule has 2 heteroatoms. The van der Waals surface area contributed by atoms with Crippen molar-refractivity contribution in [1.82, 2.24) is 4.90 Å². The predicted molar refractivity (Wildman–Crippen MR) is 48.7 cm³/mol. The topological polar surface area (TPSA) is 3.24 Å². The summed E-state index contributed by atoms with van der Waals surface area (Å²) in [7, 11) is 0. The highest BCUT2D eigenvalue weighted by Crippen LogP contribution is 2.35. The molecule has 1 aliphatic heterocycles. The Morgan fingerprint density at radius 3 is 2.77 bits per heavy atom. The first kappa shape index (κ1) is 7.51. The van der Waals surface area contributed by atoms with Crippen molar-refractivity contribution in [3.63, 3.8) is 0 Å². The van der Waals surface area contributed by atoms with E-state index in [4.69, 9.17) is 0 Å². The fourth-order valence-corrected chi connectivity index (χ4v) is 2.10. The lowest BCUT2D eigenvalue weighted by atomic mass is 10.1. The van der Waals surface area contributed by atoms with Gasteiger partial charge in [0.1, 0.15) is 5.82 Å². The predicted octanol–water partition coefficient (Wildman–Crippen LogP) is 2.30. The van der Waals surface area contributed by atoms with E-state index in [0.717, 1.165) is 24.7 Å². The van der Waals surface area contributed by atoms with E-state index in [1.54, 1.807) is 6.07 Å². The lowest BCUT2D eigenvalue weighted by molar-refractivity contribution is 0.271. The minimum absolute atomic E-state index is 0.0272. The highest BCUT2D eigenvalue weighted by Gasteiger charge is 2.33. The summed E-state index contributed by atoms with van der Waals surface area (Å²) in [6.07, 6.45) is 2.60. The summed E-state index contributed by atoms with van der Waals surface area (Å²) in [5.41, 5.74) is 2.11. The molecule has 2 aliphatic rings. The van der Waals surface area contributed by atoms with E-state index in [0.29, 0.717) is 0 Å². The molecule has 0 amide bonds. The maximum absolute atomic E-state index is 13.3. The van der Waals surface area contributed by atoms with Gasteiger partial charge in [0.25, 0.3) is 0 Å². The fourth-order valence-electron chi connectivity index (χ4n) is 2.10. The minimum Gasteiger partial charge on any atom is -0.292 e. The molecule has 0 bridgehead atoms. The van der Waals surface area contributed by atoms with Gasteiger partial charge in [0.15, 0.2) is 0 Å². The lowest BCUT2D eigenvalue weighted by Crippen LogP contribution is -2.18. The molecule has 0 unspecified atom stereocenters. The van der Waals surface area contributed by atoms with E-state index in [2.05, 4.69) is 4.90 Å². The van der Waals surface area contributed by atoms with Gasteiger partial charge in [-0.2, -0.15) is 0 Å². The Kier molecular flexibility index (Phi) is 1.47. The molecule has 0 aromatic heterocycles. The van der Waals surface area contributed by atoms with Crippen molar-refractivity contribution >= 4 is 0 Å². The van der Waals surface area contributed by atoms with Crippen molar-refractivity contribution < 1.29 is 4.39 Å². The smallest absolute Gasteiger partial charge is 0.128 e. The molecule has 1 aliphatic carbocycles. The molecule has 1 aromatic rings. The van der Waals surface area contributed by atoms with Crippen LogP contribution in [-0.2, 0) is 13.1 Å². The lowest BCUT2D eigenvalue weighted by Gasteiger charge is -2.11. The third-order valence-corrected chi connectivity index (χ3v) is 3.01. The third kappa shape index (κ3) is 1.17. The Labute approximate surface area is 77.2 Å². The van der Waals surface area contributed by atoms with Crippen LogP contribution < -0.4 is 0 Å². The van der Waals surface area contributed by atoms with Gasteiger partial charge in [0.05, 0.1) is 0 Å². The van der Waals surface area contributed by atoms with Crippen LogP contribution in [0.15, 0.2) is 18.2 Å². The Balaban J connectivity index is 1.94. The maximum Gasteiger partial charge on any atom is 0.128 e. The monoisotopic (exact) mass is 177 g/mol. The number of hydrogen-bond donors (Lipinski definition) is 0. The van der Waals surface area contributed by atoms with Crippen LogP contribution >= 0.6 is 0 Å². The quantitative estimate of drug-likeness (QED) is 0.636. The molecule has 0 atom stereocenters. The van der Waals surface area contributed by atoms with Crippen LogP contribution in [0.5, 0.6) is 0 Å². The summed E-state index contributed by atoms with van der Waals surface area (Å²) in [6, 6.07) is 6.16. The second-order valence-corrected chi connectivity index (χ2v) is 4.01. The molecule has 0 saturated heterocycles. The van der Waals surface area contributed by atoms with Crippen LogP contribution in [-0.4, -0.2) is 10.9 Å². The zero-order valence-corrected chi connectivity index (χ0v) is 7.46. The summed E-state index contributed by atoms with van der Waals surface area (Å²) < 4.78 is 13.3. The summed E-state index contributed by atoms with van der Waals surface area (Å²) in [6.45, 7) is 1.78. The van der Waals surface area contributed by atoms with Crippen molar-refractivity contribution in [3.05, 3.63) is 35.1 Å². The third-order valence-electron chi connectivity index (χ3n) is 3.01. The van der Waals surface area contributed by atoms with Crippen LogP contribution in [0.2, 0.25) is 0 Å². The number of benzene rings is 1. The van der Waals surface area contributed by atoms with E-state index in [-0.39, 0.29) is 5.82 Å². The van der Waals surface area contributed by atoms with Gasteiger partial charge >= 0.3 is 0 Å². The molecule has 1 heterocycles. The molecular weight excluding hydrogens is 165 g/mol. The van der Waals surface area contributed by atoms with Crippen molar-refractivity contribution in [2.75, 3.05) is 0 Å². The molecule has 1 nitrogen and oxygen atoms in total. The van der Waals surface area contributed by atoms with E-state index in [9.17, 15) is 4.39 Å². The highest BCUT2D eigenvalue weighted by atomic mass is 19.1. The summed E-state index contributed by atoms with van der Waals surface area (Å²) >= 11 is 0. The number of fused-ring (bicyclic) bond motifs is 1. The minimum atomic E-state index is -0.0272. The Morgan fingerprint density at radius 2 is 2.08 bits per heavy atom. The normalized spacial score (nSPS) is 21.9. The maximum atomic E-state index is 13.3. The molecule has 13 heavy (non-hydrogen) atoms. The Bertz CT molecular complexity index is 344. The van der Waals surface area contributed by atoms with E-state index in [1.807, 2.05) is 12.1 Å². The number of rotatable bonds is 1. The molecule has 1 fully saturated rings. The molecule has 0 spiro atoms. The molecule has 68 valence electrons. The van der Waals surface area contributed by atoms with Crippen molar-refractivity contribution in [3.8, 4) is 0 Å². The van der Waals surface area contributed by atoms with Crippen LogP contribution in [0.25, 0.3) is 0 Å². The Hall–Kier alpha value is -0.890. The van der Waals surface area contributed by atoms with Gasteiger partial charge < -0.3 is 0 Å². The van der Waals surface area contributed by atoms with Gasteiger partial charge in [-0.1, -0.05) is 12.1 Å². The second kappa shape index (κ2) is 2.55. The summed E-state index contributed by atoms with van der Waals surface area (Å²) in [4.78, 5) is 2.38. The van der Waals surface area contributed by atoms with Gasteiger partial charge in [-0.3, -0.25) is 4.90 Å². The van der Waals surface area contributed by atoms with Crippen LogP contribution in [0, 0.1) is 5.82 Å². The Morgan fingerprint density at radius 1 is 1.23 bits per heavy atom. The average Bonchev–Trinajstić information content (AvgIpc) is 2.87. The van der Waals surface area contributed by atoms with Crippen molar-refractivity contribution in [1.29, 1.82) is 0 Å². The first-order valence-electron chi connectivity index (χ1n) is 4.85. The van der Waals surface area contributed by atoms with Crippen molar-refractivity contribution in [2.45, 2.75) is 32.0 Å². The van der Waals surface area contributed by atoms with Gasteiger partial charge in [-0.05, 0) is 24.5 Å². The van der Waals surface area contributed by atoms with E-state index >= 15 is 0 Å². The molecule has 1 saturated carbocycles. The van der Waals surface area contributed by atoms with Crippen LogP contribution in [0.3, 0.4) is 0 Å². The van der Waals surface area contributed by atoms with Crippen LogP contribution in [0.4, 0.5) is 4.39 Å². The molecule has 0 radical (unpaired) electrons. The summed E-state index contributed by atoms with van der Waals surface area (Å²) in [5, 5.41) is 0. The first-order valence-corrected chi connectivity index (χ1v) is 4.85. The largest absolute Gasteiger partial charge is 0.292 e. The molecular formula is C11H12FN. The molecule has 0 N–H and O–H groups in total. The highest BCUT2D eigenvalue weighted by molar-refractivity contribution is 5.32. The summed E-state index contributed by atoms with van der Waals surface area (Å²) in [5.74, 6) is -0.0272. The second-order valence-electron chi connectivity index (χ2n) is 4.01. The molecule has 1 aromatic carbocycles. The fraction of sp³-hybridized carbons (Fsp3) is 0.455. The number of halogens is 1. The van der Waals surface area contributed by atoms with Gasteiger partial charge in [0.2, 0.25) is 0 Å². The zero-order valence-electron chi connectivity index (χ0n) is 7.46.